The van der Waals surface area contributed by atoms with Crippen molar-refractivity contribution in [2.75, 3.05) is 6.61 Å². The summed E-state index contributed by atoms with van der Waals surface area (Å²) in [6.45, 7) is 3.84. The van der Waals surface area contributed by atoms with Crippen molar-refractivity contribution < 1.29 is 32.6 Å². The van der Waals surface area contributed by atoms with E-state index in [2.05, 4.69) is 10.1 Å². The maximum atomic E-state index is 12.2. The van der Waals surface area contributed by atoms with Crippen LogP contribution in [-0.4, -0.2) is 35.3 Å². The van der Waals surface area contributed by atoms with Gasteiger partial charge in [0.05, 0.1) is 12.8 Å². The molecule has 0 bridgehead atoms. The molecule has 25 heavy (non-hydrogen) atoms. The van der Waals surface area contributed by atoms with Crippen LogP contribution in [0.15, 0.2) is 24.3 Å². The lowest BCUT2D eigenvalue weighted by atomic mass is 9.85. The van der Waals surface area contributed by atoms with Gasteiger partial charge in [0.15, 0.2) is 6.61 Å². The summed E-state index contributed by atoms with van der Waals surface area (Å²) in [5.74, 6) is -1.54. The van der Waals surface area contributed by atoms with Crippen LogP contribution in [0.5, 0.6) is 5.75 Å². The van der Waals surface area contributed by atoms with Crippen LogP contribution in [0.3, 0.4) is 0 Å². The molecule has 140 valence electrons. The smallest absolute Gasteiger partial charge is 0.422 e. The van der Waals surface area contributed by atoms with E-state index in [0.29, 0.717) is 5.56 Å². The third-order valence-corrected chi connectivity index (χ3v) is 3.88. The Labute approximate surface area is 144 Å². The van der Waals surface area contributed by atoms with Crippen LogP contribution in [0.2, 0.25) is 0 Å². The van der Waals surface area contributed by atoms with E-state index in [0.717, 1.165) is 0 Å². The lowest BCUT2D eigenvalue weighted by molar-refractivity contribution is -0.153. The van der Waals surface area contributed by atoms with Gasteiger partial charge in [-0.1, -0.05) is 26.0 Å². The summed E-state index contributed by atoms with van der Waals surface area (Å²) in [5, 5.41) is 11.7. The number of ether oxygens (including phenoxy) is 1. The van der Waals surface area contributed by atoms with E-state index in [4.69, 9.17) is 5.11 Å². The molecule has 2 N–H and O–H groups in total. The number of carbonyl (C=O) groups excluding carboxylic acids is 1. The first-order chi connectivity index (χ1) is 11.4. The third-order valence-electron chi connectivity index (χ3n) is 3.88. The van der Waals surface area contributed by atoms with E-state index in [1.165, 1.54) is 18.2 Å². The highest BCUT2D eigenvalue weighted by Crippen LogP contribution is 2.22. The Balaban J connectivity index is 2.74. The van der Waals surface area contributed by atoms with Crippen LogP contribution in [-0.2, 0) is 16.0 Å². The van der Waals surface area contributed by atoms with Gasteiger partial charge in [-0.05, 0) is 30.5 Å². The van der Waals surface area contributed by atoms with Gasteiger partial charge in [-0.3, -0.25) is 9.59 Å². The fourth-order valence-electron chi connectivity index (χ4n) is 2.17. The molecule has 1 atom stereocenters. The van der Waals surface area contributed by atoms with E-state index < -0.39 is 30.2 Å². The van der Waals surface area contributed by atoms with Crippen molar-refractivity contribution in [3.05, 3.63) is 29.8 Å². The van der Waals surface area contributed by atoms with Crippen LogP contribution in [0.25, 0.3) is 0 Å². The minimum Gasteiger partial charge on any atom is -0.484 e. The summed E-state index contributed by atoms with van der Waals surface area (Å²) in [7, 11) is 0. The second-order valence-corrected chi connectivity index (χ2v) is 6.42. The fourth-order valence-corrected chi connectivity index (χ4v) is 2.17. The van der Waals surface area contributed by atoms with Crippen molar-refractivity contribution >= 4 is 11.9 Å². The molecule has 1 aromatic rings. The number of carbonyl (C=O) groups is 2. The van der Waals surface area contributed by atoms with Crippen LogP contribution in [0.4, 0.5) is 13.2 Å². The van der Waals surface area contributed by atoms with Gasteiger partial charge in [0.25, 0.3) is 0 Å². The maximum absolute atomic E-state index is 12.2. The first-order valence-corrected chi connectivity index (χ1v) is 7.72. The number of hydrogen-bond donors (Lipinski definition) is 2. The lowest BCUT2D eigenvalue weighted by Crippen LogP contribution is -2.51. The van der Waals surface area contributed by atoms with E-state index in [1.54, 1.807) is 26.8 Å². The highest BCUT2D eigenvalue weighted by atomic mass is 19.4. The molecular weight excluding hydrogens is 339 g/mol. The van der Waals surface area contributed by atoms with Gasteiger partial charge in [-0.15, -0.1) is 0 Å². The molecule has 1 rings (SSSR count). The summed E-state index contributed by atoms with van der Waals surface area (Å²) in [5.41, 5.74) is -0.452. The first kappa shape index (κ1) is 20.8. The SMILES string of the molecule is CC(C)C(C)(CC(=O)O)NC(=O)Cc1cccc(OCC(F)(F)F)c1. The van der Waals surface area contributed by atoms with Gasteiger partial charge < -0.3 is 15.2 Å². The molecule has 0 fully saturated rings. The quantitative estimate of drug-likeness (QED) is 0.746. The number of amides is 1. The molecule has 0 saturated heterocycles. The van der Waals surface area contributed by atoms with E-state index in [9.17, 15) is 22.8 Å². The molecule has 0 aliphatic heterocycles. The lowest BCUT2D eigenvalue weighted by Gasteiger charge is -2.33. The zero-order valence-electron chi connectivity index (χ0n) is 14.3. The number of alkyl halides is 3. The summed E-state index contributed by atoms with van der Waals surface area (Å²) in [6.07, 6.45) is -4.76. The van der Waals surface area contributed by atoms with Gasteiger partial charge >= 0.3 is 12.1 Å². The zero-order valence-corrected chi connectivity index (χ0v) is 14.3. The van der Waals surface area contributed by atoms with Crippen molar-refractivity contribution in [1.29, 1.82) is 0 Å². The average molecular weight is 361 g/mol. The molecule has 1 unspecified atom stereocenters. The highest BCUT2D eigenvalue weighted by Gasteiger charge is 2.32. The van der Waals surface area contributed by atoms with Crippen molar-refractivity contribution in [2.45, 2.75) is 45.3 Å². The second kappa shape index (κ2) is 8.22. The predicted molar refractivity (Wildman–Crippen MR) is 85.3 cm³/mol. The molecular formula is C17H22F3NO4. The summed E-state index contributed by atoms with van der Waals surface area (Å²) in [6, 6.07) is 5.81. The standard InChI is InChI=1S/C17H22F3NO4/c1-11(2)16(3,9-15(23)24)21-14(22)8-12-5-4-6-13(7-12)25-10-17(18,19)20/h4-7,11H,8-10H2,1-3H3,(H,21,22)(H,23,24). The van der Waals surface area contributed by atoms with Crippen LogP contribution < -0.4 is 10.1 Å². The Morgan fingerprint density at radius 2 is 1.92 bits per heavy atom. The van der Waals surface area contributed by atoms with Crippen molar-refractivity contribution in [2.24, 2.45) is 5.92 Å². The van der Waals surface area contributed by atoms with E-state index >= 15 is 0 Å². The van der Waals surface area contributed by atoms with E-state index in [1.807, 2.05) is 0 Å². The van der Waals surface area contributed by atoms with Gasteiger partial charge in [0.1, 0.15) is 5.75 Å². The molecule has 0 aliphatic carbocycles. The minimum absolute atomic E-state index is 0.0137. The van der Waals surface area contributed by atoms with Crippen LogP contribution in [0.1, 0.15) is 32.8 Å². The molecule has 5 nitrogen and oxygen atoms in total. The van der Waals surface area contributed by atoms with Crippen molar-refractivity contribution in [3.63, 3.8) is 0 Å². The fraction of sp³-hybridized carbons (Fsp3) is 0.529. The molecule has 0 saturated carbocycles. The summed E-state index contributed by atoms with van der Waals surface area (Å²) < 4.78 is 41.2. The minimum atomic E-state index is -4.44. The van der Waals surface area contributed by atoms with Gasteiger partial charge in [-0.2, -0.15) is 13.2 Å². The summed E-state index contributed by atoms with van der Waals surface area (Å²) >= 11 is 0. The molecule has 8 heteroatoms. The third kappa shape index (κ3) is 7.45. The molecule has 0 heterocycles. The topological polar surface area (TPSA) is 75.6 Å². The molecule has 1 amide bonds. The Morgan fingerprint density at radius 1 is 1.28 bits per heavy atom. The number of carboxylic acid groups (broad SMARTS) is 1. The van der Waals surface area contributed by atoms with Gasteiger partial charge in [0.2, 0.25) is 5.91 Å². The molecule has 0 aliphatic rings. The molecule has 0 radical (unpaired) electrons. The highest BCUT2D eigenvalue weighted by molar-refractivity contribution is 5.80. The number of benzene rings is 1. The first-order valence-electron chi connectivity index (χ1n) is 7.72. The number of halogens is 3. The number of hydrogen-bond acceptors (Lipinski definition) is 3. The van der Waals surface area contributed by atoms with Crippen LogP contribution >= 0.6 is 0 Å². The van der Waals surface area contributed by atoms with Gasteiger partial charge in [0, 0.05) is 5.54 Å². The van der Waals surface area contributed by atoms with Gasteiger partial charge in [-0.25, -0.2) is 0 Å². The molecule has 0 aromatic heterocycles. The summed E-state index contributed by atoms with van der Waals surface area (Å²) in [4.78, 5) is 23.2. The monoisotopic (exact) mass is 361 g/mol. The number of carboxylic acids is 1. The Morgan fingerprint density at radius 3 is 2.44 bits per heavy atom. The van der Waals surface area contributed by atoms with E-state index in [-0.39, 0.29) is 24.5 Å². The Kier molecular flexibility index (Phi) is 6.84. The molecule has 1 aromatic carbocycles. The Hall–Kier alpha value is -2.25. The maximum Gasteiger partial charge on any atom is 0.422 e. The van der Waals surface area contributed by atoms with Crippen molar-refractivity contribution in [1.82, 2.24) is 5.32 Å². The average Bonchev–Trinajstić information content (AvgIpc) is 2.43. The Bertz CT molecular complexity index is 616. The normalized spacial score (nSPS) is 14.0. The molecule has 0 spiro atoms. The number of nitrogens with one attached hydrogen (secondary N) is 1. The number of rotatable bonds is 8. The largest absolute Gasteiger partial charge is 0.484 e. The predicted octanol–water partition coefficient (Wildman–Crippen LogP) is 3.18. The zero-order chi connectivity index (χ0) is 19.3. The number of aliphatic carboxylic acids is 1. The van der Waals surface area contributed by atoms with Crippen molar-refractivity contribution in [3.8, 4) is 5.75 Å². The second-order valence-electron chi connectivity index (χ2n) is 6.42. The van der Waals surface area contributed by atoms with Crippen LogP contribution in [0, 0.1) is 5.92 Å².